The molecule has 0 spiro atoms. The second-order valence-electron chi connectivity index (χ2n) is 5.40. The van der Waals surface area contributed by atoms with Crippen molar-refractivity contribution in [1.29, 1.82) is 0 Å². The molecule has 0 aliphatic heterocycles. The zero-order valence-electron chi connectivity index (χ0n) is 12.6. The molecule has 3 rings (SSSR count). The summed E-state index contributed by atoms with van der Waals surface area (Å²) in [5.74, 6) is -0.0842. The zero-order chi connectivity index (χ0) is 15.5. The summed E-state index contributed by atoms with van der Waals surface area (Å²) in [7, 11) is 0. The molecule has 1 aromatic carbocycles. The molecule has 0 saturated heterocycles. The van der Waals surface area contributed by atoms with Gasteiger partial charge in [0.2, 0.25) is 5.91 Å². The minimum atomic E-state index is -0.0842. The molecule has 112 valence electrons. The van der Waals surface area contributed by atoms with Crippen LogP contribution in [0.15, 0.2) is 41.2 Å². The molecule has 0 aliphatic rings. The van der Waals surface area contributed by atoms with Gasteiger partial charge in [0.15, 0.2) is 5.58 Å². The van der Waals surface area contributed by atoms with Gasteiger partial charge in [-0.1, -0.05) is 17.3 Å². The number of rotatable bonds is 4. The molecule has 1 amide bonds. The Bertz CT molecular complexity index is 809. The summed E-state index contributed by atoms with van der Waals surface area (Å²) >= 11 is 0. The molecule has 3 aromatic rings. The van der Waals surface area contributed by atoms with Crippen LogP contribution < -0.4 is 5.32 Å². The number of pyridine rings is 1. The molecule has 2 aromatic heterocycles. The molecule has 0 saturated carbocycles. The van der Waals surface area contributed by atoms with Gasteiger partial charge in [0.25, 0.3) is 0 Å². The minimum Gasteiger partial charge on any atom is -0.356 e. The van der Waals surface area contributed by atoms with Crippen LogP contribution in [0.4, 0.5) is 0 Å². The topological polar surface area (TPSA) is 68.0 Å². The lowest BCUT2D eigenvalue weighted by molar-refractivity contribution is -0.120. The number of amides is 1. The van der Waals surface area contributed by atoms with Gasteiger partial charge < -0.3 is 9.84 Å². The number of nitrogens with zero attached hydrogens (tertiary/aromatic N) is 2. The van der Waals surface area contributed by atoms with E-state index < -0.39 is 0 Å². The molecule has 0 atom stereocenters. The molecule has 1 N–H and O–H groups in total. The summed E-state index contributed by atoms with van der Waals surface area (Å²) in [5, 5.41) is 7.85. The molecule has 0 aliphatic carbocycles. The summed E-state index contributed by atoms with van der Waals surface area (Å²) in [6, 6.07) is 7.77. The molecule has 5 nitrogen and oxygen atoms in total. The Balaban J connectivity index is 1.72. The average molecular weight is 295 g/mol. The lowest BCUT2D eigenvalue weighted by Crippen LogP contribution is -2.24. The van der Waals surface area contributed by atoms with Gasteiger partial charge in [-0.25, -0.2) is 0 Å². The summed E-state index contributed by atoms with van der Waals surface area (Å²) in [4.78, 5) is 16.1. The van der Waals surface area contributed by atoms with Crippen LogP contribution in [0.1, 0.15) is 22.4 Å². The van der Waals surface area contributed by atoms with Crippen LogP contribution >= 0.6 is 0 Å². The van der Waals surface area contributed by atoms with Crippen LogP contribution in [-0.4, -0.2) is 16.0 Å². The summed E-state index contributed by atoms with van der Waals surface area (Å²) in [6.45, 7) is 4.47. The summed E-state index contributed by atoms with van der Waals surface area (Å²) in [6.07, 6.45) is 3.65. The van der Waals surface area contributed by atoms with Gasteiger partial charge in [-0.3, -0.25) is 9.78 Å². The highest BCUT2D eigenvalue weighted by Gasteiger charge is 2.14. The Morgan fingerprint density at radius 1 is 1.32 bits per heavy atom. The van der Waals surface area contributed by atoms with E-state index in [2.05, 4.69) is 21.5 Å². The van der Waals surface area contributed by atoms with Gasteiger partial charge in [0, 0.05) is 24.3 Å². The maximum Gasteiger partial charge on any atom is 0.226 e. The lowest BCUT2D eigenvalue weighted by Gasteiger charge is -2.04. The van der Waals surface area contributed by atoms with Crippen molar-refractivity contribution in [2.75, 3.05) is 0 Å². The number of hydrogen-bond acceptors (Lipinski definition) is 4. The maximum atomic E-state index is 12.1. The van der Waals surface area contributed by atoms with Crippen LogP contribution in [0.5, 0.6) is 0 Å². The van der Waals surface area contributed by atoms with Crippen molar-refractivity contribution in [2.24, 2.45) is 0 Å². The molecule has 0 unspecified atom stereocenters. The van der Waals surface area contributed by atoms with Gasteiger partial charge in [0.1, 0.15) is 5.69 Å². The normalized spacial score (nSPS) is 10.8. The Hall–Kier alpha value is -2.69. The smallest absolute Gasteiger partial charge is 0.226 e. The molecule has 0 bridgehead atoms. The van der Waals surface area contributed by atoms with Gasteiger partial charge in [-0.05, 0) is 42.7 Å². The SMILES string of the molecule is Cc1cc(C)c2c(CC(=O)NCc3cccnc3)noc2c1. The van der Waals surface area contributed by atoms with Crippen LogP contribution in [-0.2, 0) is 17.8 Å². The number of aryl methyl sites for hydroxylation is 2. The highest BCUT2D eigenvalue weighted by atomic mass is 16.5. The highest BCUT2D eigenvalue weighted by Crippen LogP contribution is 2.24. The van der Waals surface area contributed by atoms with Crippen molar-refractivity contribution in [2.45, 2.75) is 26.8 Å². The van der Waals surface area contributed by atoms with E-state index in [0.29, 0.717) is 12.2 Å². The standard InChI is InChI=1S/C17H17N3O2/c1-11-6-12(2)17-14(20-22-15(17)7-11)8-16(21)19-10-13-4-3-5-18-9-13/h3-7,9H,8,10H2,1-2H3,(H,19,21). The number of fused-ring (bicyclic) bond motifs is 1. The van der Waals surface area contributed by atoms with E-state index in [1.807, 2.05) is 32.0 Å². The Kier molecular flexibility index (Phi) is 3.87. The monoisotopic (exact) mass is 295 g/mol. The fourth-order valence-corrected chi connectivity index (χ4v) is 2.56. The maximum absolute atomic E-state index is 12.1. The van der Waals surface area contributed by atoms with E-state index in [9.17, 15) is 4.79 Å². The Morgan fingerprint density at radius 2 is 2.18 bits per heavy atom. The van der Waals surface area contributed by atoms with E-state index in [0.717, 1.165) is 27.7 Å². The number of aromatic nitrogens is 2. The number of nitrogens with one attached hydrogen (secondary N) is 1. The van der Waals surface area contributed by atoms with Crippen LogP contribution in [0, 0.1) is 13.8 Å². The van der Waals surface area contributed by atoms with Gasteiger partial charge in [-0.15, -0.1) is 0 Å². The predicted octanol–water partition coefficient (Wildman–Crippen LogP) is 2.70. The summed E-state index contributed by atoms with van der Waals surface area (Å²) < 4.78 is 5.33. The first kappa shape index (κ1) is 14.3. The average Bonchev–Trinajstić information content (AvgIpc) is 2.89. The van der Waals surface area contributed by atoms with Crippen molar-refractivity contribution >= 4 is 16.9 Å². The molecule has 22 heavy (non-hydrogen) atoms. The van der Waals surface area contributed by atoms with Gasteiger partial charge in [0.05, 0.1) is 6.42 Å². The highest BCUT2D eigenvalue weighted by molar-refractivity contribution is 5.88. The lowest BCUT2D eigenvalue weighted by atomic mass is 10.0. The minimum absolute atomic E-state index is 0.0842. The van der Waals surface area contributed by atoms with E-state index in [1.165, 1.54) is 0 Å². The van der Waals surface area contributed by atoms with Gasteiger partial charge in [-0.2, -0.15) is 0 Å². The molecular weight excluding hydrogens is 278 g/mol. The number of carbonyl (C=O) groups is 1. The predicted molar refractivity (Wildman–Crippen MR) is 83.3 cm³/mol. The third-order valence-corrected chi connectivity index (χ3v) is 3.53. The van der Waals surface area contributed by atoms with Crippen LogP contribution in [0.25, 0.3) is 11.0 Å². The fraction of sp³-hybridized carbons (Fsp3) is 0.235. The second kappa shape index (κ2) is 5.97. The Labute approximate surface area is 128 Å². The number of benzene rings is 1. The van der Waals surface area contributed by atoms with E-state index >= 15 is 0 Å². The third kappa shape index (κ3) is 2.98. The number of carbonyl (C=O) groups excluding carboxylic acids is 1. The molecule has 0 fully saturated rings. The van der Waals surface area contributed by atoms with Crippen LogP contribution in [0.3, 0.4) is 0 Å². The molecule has 0 radical (unpaired) electrons. The van der Waals surface area contributed by atoms with Crippen molar-refractivity contribution in [1.82, 2.24) is 15.5 Å². The fourth-order valence-electron chi connectivity index (χ4n) is 2.56. The van der Waals surface area contributed by atoms with Crippen LogP contribution in [0.2, 0.25) is 0 Å². The first-order valence-corrected chi connectivity index (χ1v) is 7.14. The van der Waals surface area contributed by atoms with Crippen molar-refractivity contribution in [3.8, 4) is 0 Å². The quantitative estimate of drug-likeness (QED) is 0.803. The third-order valence-electron chi connectivity index (χ3n) is 3.53. The van der Waals surface area contributed by atoms with Crippen molar-refractivity contribution < 1.29 is 9.32 Å². The van der Waals surface area contributed by atoms with Crippen molar-refractivity contribution in [3.63, 3.8) is 0 Å². The first-order valence-electron chi connectivity index (χ1n) is 7.14. The molecule has 2 heterocycles. The van der Waals surface area contributed by atoms with E-state index in [1.54, 1.807) is 12.4 Å². The largest absolute Gasteiger partial charge is 0.356 e. The Morgan fingerprint density at radius 3 is 2.95 bits per heavy atom. The van der Waals surface area contributed by atoms with Gasteiger partial charge >= 0.3 is 0 Å². The first-order chi connectivity index (χ1) is 10.6. The number of hydrogen-bond donors (Lipinski definition) is 1. The van der Waals surface area contributed by atoms with E-state index in [4.69, 9.17) is 4.52 Å². The summed E-state index contributed by atoms with van der Waals surface area (Å²) in [5.41, 5.74) is 4.57. The zero-order valence-corrected chi connectivity index (χ0v) is 12.6. The van der Waals surface area contributed by atoms with Crippen molar-refractivity contribution in [3.05, 3.63) is 59.0 Å². The molecular formula is C17H17N3O2. The molecule has 5 heteroatoms. The second-order valence-corrected chi connectivity index (χ2v) is 5.40. The van der Waals surface area contributed by atoms with E-state index in [-0.39, 0.29) is 12.3 Å².